The number of amides is 1. The number of nitrogens with one attached hydrogen (secondary N) is 1. The van der Waals surface area contributed by atoms with E-state index in [0.717, 1.165) is 12.8 Å². The number of anilines is 1. The number of rotatable bonds is 10. The molecule has 144 valence electrons. The zero-order chi connectivity index (χ0) is 19.6. The number of benzene rings is 2. The van der Waals surface area contributed by atoms with Gasteiger partial charge in [-0.2, -0.15) is 0 Å². The summed E-state index contributed by atoms with van der Waals surface area (Å²) >= 11 is 0. The number of ether oxygens (including phenoxy) is 2. The van der Waals surface area contributed by atoms with Gasteiger partial charge in [-0.25, -0.2) is 0 Å². The van der Waals surface area contributed by atoms with Gasteiger partial charge in [-0.05, 0) is 42.7 Å². The van der Waals surface area contributed by atoms with Crippen molar-refractivity contribution in [1.29, 1.82) is 0 Å². The summed E-state index contributed by atoms with van der Waals surface area (Å²) in [6, 6.07) is 11.9. The minimum atomic E-state index is -0.954. The van der Waals surface area contributed by atoms with Crippen LogP contribution in [0.25, 0.3) is 0 Å². The molecular formula is C21H25NO5. The molecule has 0 saturated heterocycles. The highest BCUT2D eigenvalue weighted by atomic mass is 16.5. The Labute approximate surface area is 159 Å². The maximum absolute atomic E-state index is 12.6. The van der Waals surface area contributed by atoms with E-state index in [4.69, 9.17) is 14.6 Å². The molecule has 0 heterocycles. The molecule has 0 atom stereocenters. The van der Waals surface area contributed by atoms with Crippen LogP contribution in [0.3, 0.4) is 0 Å². The van der Waals surface area contributed by atoms with Crippen LogP contribution < -0.4 is 14.8 Å². The molecule has 0 radical (unpaired) electrons. The minimum absolute atomic E-state index is 0.162. The van der Waals surface area contributed by atoms with Crippen molar-refractivity contribution in [1.82, 2.24) is 0 Å². The van der Waals surface area contributed by atoms with Crippen LogP contribution in [0.4, 0.5) is 5.69 Å². The van der Waals surface area contributed by atoms with Crippen molar-refractivity contribution in [2.75, 3.05) is 18.5 Å². The fraction of sp³-hybridized carbons (Fsp3) is 0.333. The molecule has 0 aromatic heterocycles. The van der Waals surface area contributed by atoms with Gasteiger partial charge in [0.15, 0.2) is 11.5 Å². The zero-order valence-corrected chi connectivity index (χ0v) is 15.7. The van der Waals surface area contributed by atoms with Crippen molar-refractivity contribution >= 4 is 17.6 Å². The molecule has 6 heteroatoms. The topological polar surface area (TPSA) is 84.9 Å². The fourth-order valence-corrected chi connectivity index (χ4v) is 2.46. The second kappa shape index (κ2) is 10.2. The summed E-state index contributed by atoms with van der Waals surface area (Å²) in [4.78, 5) is 23.7. The lowest BCUT2D eigenvalue weighted by Crippen LogP contribution is -2.15. The molecule has 0 aliphatic rings. The van der Waals surface area contributed by atoms with Crippen molar-refractivity contribution < 1.29 is 24.2 Å². The SMILES string of the molecule is CCCOc1ccc(C(=O)Nc2ccccc2CC(=O)O)cc1OCCC. The number of carbonyl (C=O) groups excluding carboxylic acids is 1. The molecule has 0 saturated carbocycles. The summed E-state index contributed by atoms with van der Waals surface area (Å²) in [7, 11) is 0. The first-order valence-corrected chi connectivity index (χ1v) is 9.05. The smallest absolute Gasteiger partial charge is 0.307 e. The first-order valence-electron chi connectivity index (χ1n) is 9.05. The standard InChI is InChI=1S/C21H25NO5/c1-3-11-26-18-10-9-16(13-19(18)27-12-4-2)21(25)22-17-8-6-5-7-15(17)14-20(23)24/h5-10,13H,3-4,11-12,14H2,1-2H3,(H,22,25)(H,23,24). The highest BCUT2D eigenvalue weighted by Crippen LogP contribution is 2.29. The summed E-state index contributed by atoms with van der Waals surface area (Å²) in [6.07, 6.45) is 1.55. The Morgan fingerprint density at radius 2 is 1.63 bits per heavy atom. The number of carboxylic acid groups (broad SMARTS) is 1. The summed E-state index contributed by atoms with van der Waals surface area (Å²) in [5, 5.41) is 11.8. The molecule has 0 aliphatic carbocycles. The van der Waals surface area contributed by atoms with Gasteiger partial charge in [-0.3, -0.25) is 9.59 Å². The quantitative estimate of drug-likeness (QED) is 0.655. The van der Waals surface area contributed by atoms with Gasteiger partial charge in [0.05, 0.1) is 19.6 Å². The normalized spacial score (nSPS) is 10.3. The lowest BCUT2D eigenvalue weighted by atomic mass is 10.1. The van der Waals surface area contributed by atoms with Crippen LogP contribution in [0.5, 0.6) is 11.5 Å². The number of hydrogen-bond acceptors (Lipinski definition) is 4. The molecule has 2 aromatic carbocycles. The van der Waals surface area contributed by atoms with Crippen LogP contribution in [0.2, 0.25) is 0 Å². The van der Waals surface area contributed by atoms with E-state index < -0.39 is 5.97 Å². The molecule has 1 amide bonds. The first-order chi connectivity index (χ1) is 13.0. The van der Waals surface area contributed by atoms with E-state index in [1.165, 1.54) is 0 Å². The monoisotopic (exact) mass is 371 g/mol. The molecule has 2 aromatic rings. The van der Waals surface area contributed by atoms with Gasteiger partial charge in [0, 0.05) is 11.3 Å². The molecule has 0 spiro atoms. The predicted molar refractivity (Wildman–Crippen MR) is 104 cm³/mol. The highest BCUT2D eigenvalue weighted by molar-refractivity contribution is 6.05. The van der Waals surface area contributed by atoms with Crippen LogP contribution in [0, 0.1) is 0 Å². The Hall–Kier alpha value is -3.02. The average Bonchev–Trinajstić information content (AvgIpc) is 2.66. The molecule has 2 N–H and O–H groups in total. The Morgan fingerprint density at radius 1 is 0.963 bits per heavy atom. The number of carboxylic acids is 1. The summed E-state index contributed by atoms with van der Waals surface area (Å²) in [6.45, 7) is 5.11. The fourth-order valence-electron chi connectivity index (χ4n) is 2.46. The van der Waals surface area contributed by atoms with E-state index in [1.807, 2.05) is 13.8 Å². The van der Waals surface area contributed by atoms with Crippen LogP contribution in [-0.2, 0) is 11.2 Å². The molecule has 0 bridgehead atoms. The molecule has 2 rings (SSSR count). The molecule has 0 aliphatic heterocycles. The van der Waals surface area contributed by atoms with E-state index in [9.17, 15) is 9.59 Å². The van der Waals surface area contributed by atoms with E-state index in [1.54, 1.807) is 42.5 Å². The lowest BCUT2D eigenvalue weighted by molar-refractivity contribution is -0.136. The summed E-state index contributed by atoms with van der Waals surface area (Å²) in [5.41, 5.74) is 1.44. The van der Waals surface area contributed by atoms with E-state index in [2.05, 4.69) is 5.32 Å². The van der Waals surface area contributed by atoms with Crippen LogP contribution in [-0.4, -0.2) is 30.2 Å². The van der Waals surface area contributed by atoms with Crippen LogP contribution in [0.15, 0.2) is 42.5 Å². The minimum Gasteiger partial charge on any atom is -0.490 e. The Morgan fingerprint density at radius 3 is 2.30 bits per heavy atom. The average molecular weight is 371 g/mol. The van der Waals surface area contributed by atoms with Crippen LogP contribution in [0.1, 0.15) is 42.6 Å². The van der Waals surface area contributed by atoms with Crippen molar-refractivity contribution in [2.24, 2.45) is 0 Å². The predicted octanol–water partition coefficient (Wildman–Crippen LogP) is 4.14. The third-order valence-electron chi connectivity index (χ3n) is 3.74. The third kappa shape index (κ3) is 6.02. The van der Waals surface area contributed by atoms with Gasteiger partial charge in [0.2, 0.25) is 0 Å². The summed E-state index contributed by atoms with van der Waals surface area (Å²) in [5.74, 6) is -0.162. The van der Waals surface area contributed by atoms with E-state index in [-0.39, 0.29) is 12.3 Å². The maximum Gasteiger partial charge on any atom is 0.307 e. The number of hydrogen-bond donors (Lipinski definition) is 2. The van der Waals surface area contributed by atoms with Crippen molar-refractivity contribution in [3.8, 4) is 11.5 Å². The Balaban J connectivity index is 2.22. The Bertz CT molecular complexity index is 788. The zero-order valence-electron chi connectivity index (χ0n) is 15.7. The van der Waals surface area contributed by atoms with Crippen molar-refractivity contribution in [3.05, 3.63) is 53.6 Å². The van der Waals surface area contributed by atoms with E-state index >= 15 is 0 Å². The second-order valence-electron chi connectivity index (χ2n) is 6.04. The molecule has 6 nitrogen and oxygen atoms in total. The first kappa shape index (κ1) is 20.3. The van der Waals surface area contributed by atoms with Gasteiger partial charge in [-0.1, -0.05) is 32.0 Å². The molecule has 0 unspecified atom stereocenters. The number of aliphatic carboxylic acids is 1. The Kier molecular flexibility index (Phi) is 7.67. The number of carbonyl (C=O) groups is 2. The molecular weight excluding hydrogens is 346 g/mol. The van der Waals surface area contributed by atoms with E-state index in [0.29, 0.717) is 41.5 Å². The summed E-state index contributed by atoms with van der Waals surface area (Å²) < 4.78 is 11.4. The van der Waals surface area contributed by atoms with Crippen LogP contribution >= 0.6 is 0 Å². The lowest BCUT2D eigenvalue weighted by Gasteiger charge is -2.14. The second-order valence-corrected chi connectivity index (χ2v) is 6.04. The largest absolute Gasteiger partial charge is 0.490 e. The third-order valence-corrected chi connectivity index (χ3v) is 3.74. The van der Waals surface area contributed by atoms with Gasteiger partial charge in [0.25, 0.3) is 5.91 Å². The van der Waals surface area contributed by atoms with Gasteiger partial charge in [0.1, 0.15) is 0 Å². The molecule has 0 fully saturated rings. The van der Waals surface area contributed by atoms with Gasteiger partial charge in [-0.15, -0.1) is 0 Å². The highest BCUT2D eigenvalue weighted by Gasteiger charge is 2.14. The van der Waals surface area contributed by atoms with Crippen molar-refractivity contribution in [3.63, 3.8) is 0 Å². The van der Waals surface area contributed by atoms with Gasteiger partial charge < -0.3 is 19.9 Å². The number of para-hydroxylation sites is 1. The molecule has 27 heavy (non-hydrogen) atoms. The van der Waals surface area contributed by atoms with Gasteiger partial charge >= 0.3 is 5.97 Å². The maximum atomic E-state index is 12.6. The van der Waals surface area contributed by atoms with Crippen molar-refractivity contribution in [2.45, 2.75) is 33.1 Å².